The van der Waals surface area contributed by atoms with Gasteiger partial charge in [-0.25, -0.2) is 0 Å². The summed E-state index contributed by atoms with van der Waals surface area (Å²) in [5.74, 6) is 0.689. The number of hydrogen-bond acceptors (Lipinski definition) is 2. The molecular formula is C16H27BrN2. The zero-order valence-electron chi connectivity index (χ0n) is 12.8. The highest BCUT2D eigenvalue weighted by Gasteiger charge is 2.09. The number of nitrogens with zero attached hydrogens (tertiary/aromatic N) is 1. The standard InChI is InChI=1S/C16H27BrN2/c1-6-13(4)19(5)15-8-7-14(16(17)9-15)11-18-10-12(2)3/h7-9,12-13,18H,6,10-11H2,1-5H3. The Morgan fingerprint density at radius 2 is 1.95 bits per heavy atom. The summed E-state index contributed by atoms with van der Waals surface area (Å²) in [7, 11) is 2.16. The highest BCUT2D eigenvalue weighted by molar-refractivity contribution is 9.10. The lowest BCUT2D eigenvalue weighted by Crippen LogP contribution is -2.28. The van der Waals surface area contributed by atoms with Crippen LogP contribution < -0.4 is 10.2 Å². The normalized spacial score (nSPS) is 12.8. The molecule has 0 amide bonds. The summed E-state index contributed by atoms with van der Waals surface area (Å²) in [6.45, 7) is 10.9. The van der Waals surface area contributed by atoms with Gasteiger partial charge in [-0.05, 0) is 43.5 Å². The number of hydrogen-bond donors (Lipinski definition) is 1. The topological polar surface area (TPSA) is 15.3 Å². The molecule has 1 atom stereocenters. The van der Waals surface area contributed by atoms with Crippen molar-refractivity contribution in [2.75, 3.05) is 18.5 Å². The summed E-state index contributed by atoms with van der Waals surface area (Å²) >= 11 is 3.69. The molecule has 1 N–H and O–H groups in total. The zero-order valence-corrected chi connectivity index (χ0v) is 14.4. The predicted molar refractivity (Wildman–Crippen MR) is 88.8 cm³/mol. The molecule has 0 radical (unpaired) electrons. The Morgan fingerprint density at radius 3 is 2.47 bits per heavy atom. The third-order valence-electron chi connectivity index (χ3n) is 3.56. The highest BCUT2D eigenvalue weighted by atomic mass is 79.9. The molecule has 0 aliphatic rings. The summed E-state index contributed by atoms with van der Waals surface area (Å²) < 4.78 is 1.19. The summed E-state index contributed by atoms with van der Waals surface area (Å²) in [4.78, 5) is 2.33. The molecule has 0 saturated carbocycles. The second kappa shape index (κ2) is 7.91. The first-order valence-electron chi connectivity index (χ1n) is 7.17. The molecule has 1 unspecified atom stereocenters. The van der Waals surface area contributed by atoms with Crippen molar-refractivity contribution in [3.8, 4) is 0 Å². The van der Waals surface area contributed by atoms with Crippen LogP contribution >= 0.6 is 15.9 Å². The Morgan fingerprint density at radius 1 is 1.26 bits per heavy atom. The number of rotatable bonds is 7. The number of halogens is 1. The lowest BCUT2D eigenvalue weighted by molar-refractivity contribution is 0.552. The Balaban J connectivity index is 2.69. The molecule has 19 heavy (non-hydrogen) atoms. The van der Waals surface area contributed by atoms with Crippen molar-refractivity contribution in [1.29, 1.82) is 0 Å². The molecule has 3 heteroatoms. The number of nitrogens with one attached hydrogen (secondary N) is 1. The van der Waals surface area contributed by atoms with Crippen LogP contribution in [0.5, 0.6) is 0 Å². The van der Waals surface area contributed by atoms with Crippen molar-refractivity contribution in [2.24, 2.45) is 5.92 Å². The van der Waals surface area contributed by atoms with Gasteiger partial charge < -0.3 is 10.2 Å². The Kier molecular flexibility index (Phi) is 6.87. The van der Waals surface area contributed by atoms with Crippen molar-refractivity contribution in [1.82, 2.24) is 5.32 Å². The van der Waals surface area contributed by atoms with Gasteiger partial charge in [0.15, 0.2) is 0 Å². The van der Waals surface area contributed by atoms with Gasteiger partial charge in [-0.3, -0.25) is 0 Å². The van der Waals surface area contributed by atoms with E-state index in [-0.39, 0.29) is 0 Å². The van der Waals surface area contributed by atoms with Crippen molar-refractivity contribution >= 4 is 21.6 Å². The molecule has 1 aromatic carbocycles. The molecule has 108 valence electrons. The Labute approximate surface area is 126 Å². The van der Waals surface area contributed by atoms with Gasteiger partial charge in [0.2, 0.25) is 0 Å². The molecular weight excluding hydrogens is 300 g/mol. The van der Waals surface area contributed by atoms with Crippen LogP contribution in [0.25, 0.3) is 0 Å². The average Bonchev–Trinajstić information content (AvgIpc) is 2.38. The average molecular weight is 327 g/mol. The molecule has 0 heterocycles. The van der Waals surface area contributed by atoms with Crippen molar-refractivity contribution < 1.29 is 0 Å². The van der Waals surface area contributed by atoms with E-state index in [9.17, 15) is 0 Å². The molecule has 0 bridgehead atoms. The first-order chi connectivity index (χ1) is 8.95. The molecule has 1 aromatic rings. The van der Waals surface area contributed by atoms with E-state index < -0.39 is 0 Å². The monoisotopic (exact) mass is 326 g/mol. The minimum Gasteiger partial charge on any atom is -0.372 e. The van der Waals surface area contributed by atoms with Crippen LogP contribution in [0.15, 0.2) is 22.7 Å². The van der Waals surface area contributed by atoms with Gasteiger partial charge in [0.1, 0.15) is 0 Å². The van der Waals surface area contributed by atoms with E-state index in [1.54, 1.807) is 0 Å². The van der Waals surface area contributed by atoms with Gasteiger partial charge in [-0.2, -0.15) is 0 Å². The second-order valence-electron chi connectivity index (χ2n) is 5.67. The third-order valence-corrected chi connectivity index (χ3v) is 4.30. The lowest BCUT2D eigenvalue weighted by Gasteiger charge is -2.26. The summed E-state index contributed by atoms with van der Waals surface area (Å²) in [6.07, 6.45) is 1.16. The van der Waals surface area contributed by atoms with Gasteiger partial charge in [-0.15, -0.1) is 0 Å². The highest BCUT2D eigenvalue weighted by Crippen LogP contribution is 2.25. The maximum atomic E-state index is 3.69. The first-order valence-corrected chi connectivity index (χ1v) is 7.97. The fourth-order valence-electron chi connectivity index (χ4n) is 1.92. The van der Waals surface area contributed by atoms with Gasteiger partial charge in [-0.1, -0.05) is 42.8 Å². The fourth-order valence-corrected chi connectivity index (χ4v) is 2.43. The quantitative estimate of drug-likeness (QED) is 0.797. The molecule has 0 fully saturated rings. The maximum Gasteiger partial charge on any atom is 0.0377 e. The number of anilines is 1. The molecule has 0 saturated heterocycles. The Bertz CT molecular complexity index is 390. The molecule has 2 nitrogen and oxygen atoms in total. The van der Waals surface area contributed by atoms with Gasteiger partial charge in [0.25, 0.3) is 0 Å². The van der Waals surface area contributed by atoms with Crippen molar-refractivity contribution in [2.45, 2.75) is 46.7 Å². The minimum absolute atomic E-state index is 0.566. The van der Waals surface area contributed by atoms with Gasteiger partial charge in [0.05, 0.1) is 0 Å². The SMILES string of the molecule is CCC(C)N(C)c1ccc(CNCC(C)C)c(Br)c1. The second-order valence-corrected chi connectivity index (χ2v) is 6.52. The molecule has 0 aliphatic carbocycles. The summed E-state index contributed by atoms with van der Waals surface area (Å²) in [5.41, 5.74) is 2.59. The van der Waals surface area contributed by atoms with Crippen LogP contribution in [0.1, 0.15) is 39.7 Å². The largest absolute Gasteiger partial charge is 0.372 e. The van der Waals surface area contributed by atoms with Crippen LogP contribution in [0.2, 0.25) is 0 Å². The zero-order chi connectivity index (χ0) is 14.4. The predicted octanol–water partition coefficient (Wildman–Crippen LogP) is 4.43. The lowest BCUT2D eigenvalue weighted by atomic mass is 10.1. The Hall–Kier alpha value is -0.540. The van der Waals surface area contributed by atoms with E-state index >= 15 is 0 Å². The smallest absolute Gasteiger partial charge is 0.0377 e. The van der Waals surface area contributed by atoms with E-state index in [0.29, 0.717) is 12.0 Å². The van der Waals surface area contributed by atoms with E-state index in [2.05, 4.69) is 79.1 Å². The van der Waals surface area contributed by atoms with Gasteiger partial charge >= 0.3 is 0 Å². The maximum absolute atomic E-state index is 3.69. The third kappa shape index (κ3) is 5.15. The molecule has 0 aromatic heterocycles. The van der Waals surface area contributed by atoms with Crippen LogP contribution in [-0.4, -0.2) is 19.6 Å². The molecule has 1 rings (SSSR count). The van der Waals surface area contributed by atoms with Gasteiger partial charge in [0, 0.05) is 29.8 Å². The van der Waals surface area contributed by atoms with E-state index in [0.717, 1.165) is 19.5 Å². The summed E-state index contributed by atoms with van der Waals surface area (Å²) in [6, 6.07) is 7.21. The van der Waals surface area contributed by atoms with Crippen LogP contribution in [0.4, 0.5) is 5.69 Å². The van der Waals surface area contributed by atoms with E-state index in [1.165, 1.54) is 15.7 Å². The minimum atomic E-state index is 0.566. The van der Waals surface area contributed by atoms with E-state index in [4.69, 9.17) is 0 Å². The summed E-state index contributed by atoms with van der Waals surface area (Å²) in [5, 5.41) is 3.48. The van der Waals surface area contributed by atoms with Crippen LogP contribution in [0.3, 0.4) is 0 Å². The van der Waals surface area contributed by atoms with Crippen molar-refractivity contribution in [3.05, 3.63) is 28.2 Å². The molecule has 0 spiro atoms. The van der Waals surface area contributed by atoms with Crippen molar-refractivity contribution in [3.63, 3.8) is 0 Å². The van der Waals surface area contributed by atoms with E-state index in [1.807, 2.05) is 0 Å². The van der Waals surface area contributed by atoms with Crippen LogP contribution in [0, 0.1) is 5.92 Å². The first kappa shape index (κ1) is 16.5. The number of benzene rings is 1. The molecule has 0 aliphatic heterocycles. The van der Waals surface area contributed by atoms with Crippen LogP contribution in [-0.2, 0) is 6.54 Å². The fraction of sp³-hybridized carbons (Fsp3) is 0.625.